The molecule has 1 N–H and O–H groups in total. The van der Waals surface area contributed by atoms with E-state index in [0.29, 0.717) is 18.8 Å². The lowest BCUT2D eigenvalue weighted by Crippen LogP contribution is -2.42. The van der Waals surface area contributed by atoms with Crippen LogP contribution < -0.4 is 4.90 Å². The van der Waals surface area contributed by atoms with Crippen LogP contribution in [0, 0.1) is 0 Å². The highest BCUT2D eigenvalue weighted by atomic mass is 19.4. The van der Waals surface area contributed by atoms with E-state index in [0.717, 1.165) is 18.9 Å². The van der Waals surface area contributed by atoms with E-state index in [9.17, 15) is 13.2 Å². The second kappa shape index (κ2) is 4.93. The van der Waals surface area contributed by atoms with Gasteiger partial charge in [-0.1, -0.05) is 6.07 Å². The molecule has 2 aliphatic rings. The van der Waals surface area contributed by atoms with Crippen molar-refractivity contribution in [2.45, 2.75) is 37.8 Å². The summed E-state index contributed by atoms with van der Waals surface area (Å²) < 4.78 is 44.7. The van der Waals surface area contributed by atoms with E-state index >= 15 is 0 Å². The molecule has 0 saturated carbocycles. The molecule has 2 aliphatic heterocycles. The molecule has 0 spiro atoms. The minimum Gasteiger partial charge on any atom is -0.392 e. The Morgan fingerprint density at radius 1 is 1.20 bits per heavy atom. The molecule has 0 aliphatic carbocycles. The zero-order valence-electron chi connectivity index (χ0n) is 10.9. The highest BCUT2D eigenvalue weighted by molar-refractivity contribution is 5.52. The van der Waals surface area contributed by atoms with Gasteiger partial charge in [-0.05, 0) is 30.5 Å². The lowest BCUT2D eigenvalue weighted by atomic mass is 10.1. The Labute approximate surface area is 115 Å². The quantitative estimate of drug-likeness (QED) is 0.907. The molecule has 2 bridgehead atoms. The largest absolute Gasteiger partial charge is 0.416 e. The first kappa shape index (κ1) is 13.7. The van der Waals surface area contributed by atoms with Crippen LogP contribution >= 0.6 is 0 Å². The molecular weight excluding hydrogens is 271 g/mol. The summed E-state index contributed by atoms with van der Waals surface area (Å²) in [6.07, 6.45) is -2.25. The molecule has 110 valence electrons. The fourth-order valence-electron chi connectivity index (χ4n) is 2.99. The number of nitrogens with zero attached hydrogens (tertiary/aromatic N) is 1. The fraction of sp³-hybridized carbons (Fsp3) is 0.571. The third-order valence-electron chi connectivity index (χ3n) is 3.98. The maximum Gasteiger partial charge on any atom is 0.416 e. The van der Waals surface area contributed by atoms with Crippen molar-refractivity contribution in [3.63, 3.8) is 0 Å². The van der Waals surface area contributed by atoms with E-state index < -0.39 is 18.3 Å². The zero-order valence-corrected chi connectivity index (χ0v) is 10.9. The standard InChI is InChI=1S/C14H16F3NO2/c15-14(16,17)13-5-10(2-1-9(13)8-19)18-6-11-3-4-12(7-18)20-11/h1-2,5,11-12,19H,3-4,6-8H2. The SMILES string of the molecule is OCc1ccc(N2CC3CCC(C2)O3)cc1C(F)(F)F. The number of anilines is 1. The van der Waals surface area contributed by atoms with E-state index in [1.54, 1.807) is 6.07 Å². The maximum atomic E-state index is 13.0. The van der Waals surface area contributed by atoms with Crippen LogP contribution in [-0.4, -0.2) is 30.4 Å². The van der Waals surface area contributed by atoms with Crippen molar-refractivity contribution in [1.82, 2.24) is 0 Å². The summed E-state index contributed by atoms with van der Waals surface area (Å²) in [7, 11) is 0. The van der Waals surface area contributed by atoms with Crippen molar-refractivity contribution in [2.75, 3.05) is 18.0 Å². The molecule has 1 aromatic rings. The summed E-state index contributed by atoms with van der Waals surface area (Å²) in [6.45, 7) is 0.655. The van der Waals surface area contributed by atoms with Crippen LogP contribution in [0.1, 0.15) is 24.0 Å². The van der Waals surface area contributed by atoms with Crippen molar-refractivity contribution < 1.29 is 23.0 Å². The monoisotopic (exact) mass is 287 g/mol. The van der Waals surface area contributed by atoms with Gasteiger partial charge in [0.25, 0.3) is 0 Å². The predicted octanol–water partition coefficient (Wildman–Crippen LogP) is 2.57. The average Bonchev–Trinajstić information content (AvgIpc) is 2.75. The van der Waals surface area contributed by atoms with Gasteiger partial charge < -0.3 is 14.7 Å². The van der Waals surface area contributed by atoms with Crippen LogP contribution in [0.25, 0.3) is 0 Å². The first-order chi connectivity index (χ1) is 9.47. The molecule has 3 rings (SSSR count). The first-order valence-corrected chi connectivity index (χ1v) is 6.69. The van der Waals surface area contributed by atoms with Gasteiger partial charge in [0.15, 0.2) is 0 Å². The van der Waals surface area contributed by atoms with Crippen LogP contribution in [0.5, 0.6) is 0 Å². The van der Waals surface area contributed by atoms with Gasteiger partial charge in [-0.3, -0.25) is 0 Å². The first-order valence-electron chi connectivity index (χ1n) is 6.69. The number of hydrogen-bond acceptors (Lipinski definition) is 3. The number of aliphatic hydroxyl groups is 1. The van der Waals surface area contributed by atoms with Gasteiger partial charge in [-0.2, -0.15) is 13.2 Å². The maximum absolute atomic E-state index is 13.0. The van der Waals surface area contributed by atoms with Gasteiger partial charge in [0.2, 0.25) is 0 Å². The number of fused-ring (bicyclic) bond motifs is 2. The molecule has 2 unspecified atom stereocenters. The van der Waals surface area contributed by atoms with Gasteiger partial charge in [0.1, 0.15) is 0 Å². The van der Waals surface area contributed by atoms with Crippen LogP contribution in [0.3, 0.4) is 0 Å². The van der Waals surface area contributed by atoms with Crippen LogP contribution in [0.4, 0.5) is 18.9 Å². The number of ether oxygens (including phenoxy) is 1. The van der Waals surface area contributed by atoms with Crippen molar-refractivity contribution in [3.05, 3.63) is 29.3 Å². The molecule has 3 nitrogen and oxygen atoms in total. The average molecular weight is 287 g/mol. The number of rotatable bonds is 2. The lowest BCUT2D eigenvalue weighted by molar-refractivity contribution is -0.138. The summed E-state index contributed by atoms with van der Waals surface area (Å²) >= 11 is 0. The number of alkyl halides is 3. The molecule has 2 heterocycles. The van der Waals surface area contributed by atoms with Crippen LogP contribution in [0.2, 0.25) is 0 Å². The smallest absolute Gasteiger partial charge is 0.392 e. The number of hydrogen-bond donors (Lipinski definition) is 1. The highest BCUT2D eigenvalue weighted by Gasteiger charge is 2.36. The Morgan fingerprint density at radius 3 is 2.40 bits per heavy atom. The van der Waals surface area contributed by atoms with Gasteiger partial charge in [-0.15, -0.1) is 0 Å². The topological polar surface area (TPSA) is 32.7 Å². The second-order valence-electron chi connectivity index (χ2n) is 5.36. The molecule has 2 saturated heterocycles. The number of benzene rings is 1. The number of morpholine rings is 1. The normalized spacial score (nSPS) is 26.1. The summed E-state index contributed by atoms with van der Waals surface area (Å²) in [5.41, 5.74) is -0.288. The Hall–Kier alpha value is -1.27. The van der Waals surface area contributed by atoms with E-state index in [-0.39, 0.29) is 17.8 Å². The Balaban J connectivity index is 1.90. The molecule has 0 radical (unpaired) electrons. The Kier molecular flexibility index (Phi) is 3.38. The minimum atomic E-state index is -4.45. The molecular formula is C14H16F3NO2. The minimum absolute atomic E-state index is 0.0857. The second-order valence-corrected chi connectivity index (χ2v) is 5.36. The molecule has 2 fully saturated rings. The summed E-state index contributed by atoms with van der Waals surface area (Å²) in [5, 5.41) is 9.04. The Bertz CT molecular complexity index is 492. The van der Waals surface area contributed by atoms with Crippen molar-refractivity contribution >= 4 is 5.69 Å². The Morgan fingerprint density at radius 2 is 1.85 bits per heavy atom. The summed E-state index contributed by atoms with van der Waals surface area (Å²) in [5.74, 6) is 0. The fourth-order valence-corrected chi connectivity index (χ4v) is 2.99. The van der Waals surface area contributed by atoms with E-state index in [4.69, 9.17) is 9.84 Å². The van der Waals surface area contributed by atoms with Crippen molar-refractivity contribution in [1.29, 1.82) is 0 Å². The van der Waals surface area contributed by atoms with E-state index in [1.807, 2.05) is 4.90 Å². The molecule has 2 atom stereocenters. The molecule has 0 aromatic heterocycles. The van der Waals surface area contributed by atoms with Crippen molar-refractivity contribution in [3.8, 4) is 0 Å². The highest BCUT2D eigenvalue weighted by Crippen LogP contribution is 2.36. The van der Waals surface area contributed by atoms with Gasteiger partial charge in [0, 0.05) is 18.8 Å². The molecule has 20 heavy (non-hydrogen) atoms. The van der Waals surface area contributed by atoms with E-state index in [2.05, 4.69) is 0 Å². The van der Waals surface area contributed by atoms with Crippen LogP contribution in [-0.2, 0) is 17.5 Å². The van der Waals surface area contributed by atoms with Crippen LogP contribution in [0.15, 0.2) is 18.2 Å². The number of aliphatic hydroxyl groups excluding tert-OH is 1. The number of halogens is 3. The van der Waals surface area contributed by atoms with E-state index in [1.165, 1.54) is 6.07 Å². The third kappa shape index (κ3) is 2.50. The third-order valence-corrected chi connectivity index (χ3v) is 3.98. The lowest BCUT2D eigenvalue weighted by Gasteiger charge is -2.34. The predicted molar refractivity (Wildman–Crippen MR) is 67.5 cm³/mol. The van der Waals surface area contributed by atoms with Crippen molar-refractivity contribution in [2.24, 2.45) is 0 Å². The molecule has 6 heteroatoms. The summed E-state index contributed by atoms with van der Waals surface area (Å²) in [6, 6.07) is 4.14. The molecule has 1 aromatic carbocycles. The van der Waals surface area contributed by atoms with Gasteiger partial charge >= 0.3 is 6.18 Å². The van der Waals surface area contributed by atoms with Gasteiger partial charge in [0.05, 0.1) is 24.4 Å². The zero-order chi connectivity index (χ0) is 14.3. The molecule has 0 amide bonds. The summed E-state index contributed by atoms with van der Waals surface area (Å²) in [4.78, 5) is 1.95. The van der Waals surface area contributed by atoms with Gasteiger partial charge in [-0.25, -0.2) is 0 Å².